The largest absolute Gasteiger partial charge is 0.381 e. The first-order valence-electron chi connectivity index (χ1n) is 6.58. The van der Waals surface area contributed by atoms with E-state index in [1.807, 2.05) is 11.9 Å². The smallest absolute Gasteiger partial charge is 0.222 e. The van der Waals surface area contributed by atoms with Gasteiger partial charge in [-0.3, -0.25) is 4.79 Å². The van der Waals surface area contributed by atoms with Crippen LogP contribution in [-0.4, -0.2) is 43.4 Å². The van der Waals surface area contributed by atoms with E-state index in [1.54, 1.807) is 0 Å². The Morgan fingerprint density at radius 1 is 1.41 bits per heavy atom. The molecule has 17 heavy (non-hydrogen) atoms. The van der Waals surface area contributed by atoms with E-state index in [-0.39, 0.29) is 5.41 Å². The Hall–Kier alpha value is -0.220. The lowest BCUT2D eigenvalue weighted by Gasteiger charge is -2.28. The molecule has 2 fully saturated rings. The normalized spacial score (nSPS) is 23.4. The summed E-state index contributed by atoms with van der Waals surface area (Å²) in [7, 11) is 1.94. The number of ether oxygens (including phenoxy) is 1. The zero-order valence-corrected chi connectivity index (χ0v) is 11.5. The number of nitrogens with zero attached hydrogens (tertiary/aromatic N) is 1. The van der Waals surface area contributed by atoms with Gasteiger partial charge in [-0.05, 0) is 42.8 Å². The Balaban J connectivity index is 1.74. The van der Waals surface area contributed by atoms with Crippen molar-refractivity contribution in [2.45, 2.75) is 32.1 Å². The fourth-order valence-electron chi connectivity index (χ4n) is 2.44. The van der Waals surface area contributed by atoms with Gasteiger partial charge >= 0.3 is 0 Å². The SMILES string of the molecule is CN(CC1CCOCC1)C(=O)CC1(CS)CC1. The van der Waals surface area contributed by atoms with Crippen LogP contribution in [0, 0.1) is 11.3 Å². The van der Waals surface area contributed by atoms with Crippen molar-refractivity contribution in [3.05, 3.63) is 0 Å². The van der Waals surface area contributed by atoms with E-state index in [0.717, 1.165) is 38.4 Å². The second-order valence-electron chi connectivity index (χ2n) is 5.66. The molecule has 2 rings (SSSR count). The summed E-state index contributed by atoms with van der Waals surface area (Å²) in [5.74, 6) is 1.77. The number of hydrogen-bond donors (Lipinski definition) is 1. The van der Waals surface area contributed by atoms with Crippen LogP contribution in [0.1, 0.15) is 32.1 Å². The lowest BCUT2D eigenvalue weighted by atomic mass is 9.99. The molecular weight excluding hydrogens is 234 g/mol. The summed E-state index contributed by atoms with van der Waals surface area (Å²) in [5.41, 5.74) is 0.240. The molecule has 98 valence electrons. The van der Waals surface area contributed by atoms with Crippen LogP contribution in [0.25, 0.3) is 0 Å². The molecule has 0 radical (unpaired) electrons. The number of hydrogen-bond acceptors (Lipinski definition) is 3. The van der Waals surface area contributed by atoms with Gasteiger partial charge in [0.2, 0.25) is 5.91 Å². The molecule has 1 amide bonds. The average molecular weight is 257 g/mol. The molecule has 0 aromatic rings. The van der Waals surface area contributed by atoms with Crippen molar-refractivity contribution in [2.24, 2.45) is 11.3 Å². The van der Waals surface area contributed by atoms with Gasteiger partial charge in [0.25, 0.3) is 0 Å². The van der Waals surface area contributed by atoms with Gasteiger partial charge in [-0.15, -0.1) is 0 Å². The van der Waals surface area contributed by atoms with Gasteiger partial charge in [-0.1, -0.05) is 0 Å². The topological polar surface area (TPSA) is 29.5 Å². The lowest BCUT2D eigenvalue weighted by Crippen LogP contribution is -2.35. The van der Waals surface area contributed by atoms with E-state index >= 15 is 0 Å². The molecular formula is C13H23NO2S. The van der Waals surface area contributed by atoms with Crippen LogP contribution in [0.15, 0.2) is 0 Å². The molecule has 3 nitrogen and oxygen atoms in total. The standard InChI is InChI=1S/C13H23NO2S/c1-14(9-11-2-6-16-7-3-11)12(15)8-13(10-17)4-5-13/h11,17H,2-10H2,1H3. The first kappa shape index (κ1) is 13.2. The molecule has 0 unspecified atom stereocenters. The third kappa shape index (κ3) is 3.62. The Kier molecular flexibility index (Phi) is 4.36. The highest BCUT2D eigenvalue weighted by Gasteiger charge is 2.43. The van der Waals surface area contributed by atoms with Crippen molar-refractivity contribution >= 4 is 18.5 Å². The molecule has 4 heteroatoms. The van der Waals surface area contributed by atoms with Gasteiger partial charge in [0.15, 0.2) is 0 Å². The fraction of sp³-hybridized carbons (Fsp3) is 0.923. The zero-order valence-electron chi connectivity index (χ0n) is 10.7. The van der Waals surface area contributed by atoms with Gasteiger partial charge in [0, 0.05) is 33.2 Å². The van der Waals surface area contributed by atoms with E-state index in [2.05, 4.69) is 12.6 Å². The minimum atomic E-state index is 0.240. The van der Waals surface area contributed by atoms with Crippen molar-refractivity contribution in [2.75, 3.05) is 32.6 Å². The summed E-state index contributed by atoms with van der Waals surface area (Å²) < 4.78 is 5.34. The molecule has 1 aliphatic carbocycles. The van der Waals surface area contributed by atoms with Gasteiger partial charge in [0.05, 0.1) is 0 Å². The summed E-state index contributed by atoms with van der Waals surface area (Å²) in [6.45, 7) is 2.60. The number of rotatable bonds is 5. The molecule has 0 bridgehead atoms. The van der Waals surface area contributed by atoms with Gasteiger partial charge in [0.1, 0.15) is 0 Å². The Bertz CT molecular complexity index is 273. The van der Waals surface area contributed by atoms with Gasteiger partial charge in [-0.2, -0.15) is 12.6 Å². The van der Waals surface area contributed by atoms with E-state index in [4.69, 9.17) is 4.74 Å². The van der Waals surface area contributed by atoms with Crippen LogP contribution in [0.2, 0.25) is 0 Å². The second-order valence-corrected chi connectivity index (χ2v) is 5.98. The van der Waals surface area contributed by atoms with Crippen LogP contribution < -0.4 is 0 Å². The summed E-state index contributed by atoms with van der Waals surface area (Å²) in [6, 6.07) is 0. The first-order valence-corrected chi connectivity index (χ1v) is 7.21. The quantitative estimate of drug-likeness (QED) is 0.763. The van der Waals surface area contributed by atoms with Crippen molar-refractivity contribution in [3.8, 4) is 0 Å². The summed E-state index contributed by atoms with van der Waals surface area (Å²) in [4.78, 5) is 14.0. The number of carbonyl (C=O) groups is 1. The van der Waals surface area contributed by atoms with Crippen LogP contribution in [0.4, 0.5) is 0 Å². The average Bonchev–Trinajstić information content (AvgIpc) is 3.11. The van der Waals surface area contributed by atoms with Crippen LogP contribution in [0.5, 0.6) is 0 Å². The van der Waals surface area contributed by atoms with Crippen molar-refractivity contribution in [1.82, 2.24) is 4.90 Å². The molecule has 1 aliphatic heterocycles. The zero-order chi connectivity index (χ0) is 12.3. The van der Waals surface area contributed by atoms with E-state index in [9.17, 15) is 4.79 Å². The molecule has 0 spiro atoms. The third-order valence-electron chi connectivity index (χ3n) is 4.12. The molecule has 0 aromatic heterocycles. The van der Waals surface area contributed by atoms with Crippen LogP contribution in [-0.2, 0) is 9.53 Å². The molecule has 0 aromatic carbocycles. The predicted octanol–water partition coefficient (Wildman–Crippen LogP) is 1.97. The summed E-state index contributed by atoms with van der Waals surface area (Å²) in [5, 5.41) is 0. The minimum Gasteiger partial charge on any atom is -0.381 e. The number of carbonyl (C=O) groups excluding carboxylic acids is 1. The Morgan fingerprint density at radius 3 is 2.59 bits per heavy atom. The Labute approximate surface area is 109 Å². The molecule has 2 aliphatic rings. The summed E-state index contributed by atoms with van der Waals surface area (Å²) in [6.07, 6.45) is 5.22. The van der Waals surface area contributed by atoms with Crippen molar-refractivity contribution in [3.63, 3.8) is 0 Å². The maximum atomic E-state index is 12.1. The van der Waals surface area contributed by atoms with Crippen molar-refractivity contribution < 1.29 is 9.53 Å². The number of thiol groups is 1. The molecule has 0 N–H and O–H groups in total. The van der Waals surface area contributed by atoms with E-state index in [0.29, 0.717) is 18.2 Å². The second kappa shape index (κ2) is 5.61. The van der Waals surface area contributed by atoms with E-state index in [1.165, 1.54) is 12.8 Å². The van der Waals surface area contributed by atoms with Gasteiger partial charge in [-0.25, -0.2) is 0 Å². The highest BCUT2D eigenvalue weighted by atomic mass is 32.1. The molecule has 1 saturated heterocycles. The number of amides is 1. The minimum absolute atomic E-state index is 0.240. The third-order valence-corrected chi connectivity index (χ3v) is 4.79. The highest BCUT2D eigenvalue weighted by molar-refractivity contribution is 7.80. The molecule has 1 heterocycles. The lowest BCUT2D eigenvalue weighted by molar-refractivity contribution is -0.132. The van der Waals surface area contributed by atoms with Crippen molar-refractivity contribution in [1.29, 1.82) is 0 Å². The Morgan fingerprint density at radius 2 is 2.06 bits per heavy atom. The monoisotopic (exact) mass is 257 g/mol. The molecule has 1 saturated carbocycles. The van der Waals surface area contributed by atoms with Gasteiger partial charge < -0.3 is 9.64 Å². The summed E-state index contributed by atoms with van der Waals surface area (Å²) >= 11 is 4.35. The first-order chi connectivity index (χ1) is 8.15. The fourth-order valence-corrected chi connectivity index (χ4v) is 2.87. The maximum absolute atomic E-state index is 12.1. The van der Waals surface area contributed by atoms with Crippen LogP contribution in [0.3, 0.4) is 0 Å². The predicted molar refractivity (Wildman–Crippen MR) is 71.3 cm³/mol. The van der Waals surface area contributed by atoms with E-state index < -0.39 is 0 Å². The molecule has 0 atom stereocenters. The highest BCUT2D eigenvalue weighted by Crippen LogP contribution is 2.49. The van der Waals surface area contributed by atoms with Crippen LogP contribution >= 0.6 is 12.6 Å². The maximum Gasteiger partial charge on any atom is 0.222 e.